The van der Waals surface area contributed by atoms with Crippen molar-refractivity contribution in [1.82, 2.24) is 4.90 Å². The number of nitriles is 1. The third kappa shape index (κ3) is 3.10. The van der Waals surface area contributed by atoms with Crippen LogP contribution in [0.15, 0.2) is 30.3 Å². The number of nitrogens with one attached hydrogen (secondary N) is 1. The maximum atomic E-state index is 11.5. The first kappa shape index (κ1) is 11.7. The number of hydrogen-bond acceptors (Lipinski definition) is 3. The fourth-order valence-electron chi connectivity index (χ4n) is 1.03. The van der Waals surface area contributed by atoms with Crippen LogP contribution in [0.2, 0.25) is 0 Å². The van der Waals surface area contributed by atoms with E-state index in [-0.39, 0.29) is 6.42 Å². The van der Waals surface area contributed by atoms with Gasteiger partial charge in [0.05, 0.1) is 6.07 Å². The van der Waals surface area contributed by atoms with Crippen LogP contribution in [0.1, 0.15) is 6.42 Å². The second-order valence-electron chi connectivity index (χ2n) is 3.08. The third-order valence-corrected chi connectivity index (χ3v) is 1.93. The molecule has 0 aliphatic heterocycles. The summed E-state index contributed by atoms with van der Waals surface area (Å²) in [6.07, 6.45) is -0.307. The van der Waals surface area contributed by atoms with Gasteiger partial charge in [0, 0.05) is 12.7 Å². The lowest BCUT2D eigenvalue weighted by Crippen LogP contribution is -2.36. The fraction of sp³-hybridized carbons (Fsp3) is 0.182. The Morgan fingerprint density at radius 2 is 2.00 bits per heavy atom. The van der Waals surface area contributed by atoms with Crippen LogP contribution >= 0.6 is 0 Å². The van der Waals surface area contributed by atoms with E-state index in [0.717, 1.165) is 4.90 Å². The lowest BCUT2D eigenvalue weighted by molar-refractivity contribution is -0.126. The largest absolute Gasteiger partial charge is 0.328 e. The van der Waals surface area contributed by atoms with Crippen LogP contribution < -0.4 is 5.32 Å². The molecule has 0 aromatic heterocycles. The van der Waals surface area contributed by atoms with Crippen LogP contribution in [-0.2, 0) is 4.79 Å². The molecule has 0 bridgehead atoms. The molecule has 1 aromatic carbocycles. The van der Waals surface area contributed by atoms with Crippen molar-refractivity contribution >= 4 is 17.6 Å². The Bertz CT molecular complexity index is 423. The highest BCUT2D eigenvalue weighted by atomic mass is 16.2. The molecule has 0 heterocycles. The van der Waals surface area contributed by atoms with Crippen molar-refractivity contribution in [2.24, 2.45) is 0 Å². The monoisotopic (exact) mass is 217 g/mol. The van der Waals surface area contributed by atoms with E-state index < -0.39 is 11.9 Å². The van der Waals surface area contributed by atoms with Gasteiger partial charge in [0.25, 0.3) is 0 Å². The summed E-state index contributed by atoms with van der Waals surface area (Å²) in [6, 6.07) is 9.92. The molecule has 0 fully saturated rings. The van der Waals surface area contributed by atoms with Gasteiger partial charge >= 0.3 is 6.03 Å². The first-order valence-electron chi connectivity index (χ1n) is 4.64. The molecule has 0 atom stereocenters. The van der Waals surface area contributed by atoms with Crippen molar-refractivity contribution in [2.45, 2.75) is 6.42 Å². The van der Waals surface area contributed by atoms with Gasteiger partial charge in [-0.15, -0.1) is 0 Å². The van der Waals surface area contributed by atoms with Crippen molar-refractivity contribution < 1.29 is 9.59 Å². The maximum Gasteiger partial charge on any atom is 0.328 e. The van der Waals surface area contributed by atoms with E-state index >= 15 is 0 Å². The standard InChI is InChI=1S/C11H11N3O2/c1-14(10(15)7-8-12)11(16)13-9-5-3-2-4-6-9/h2-6H,7H2,1H3,(H,13,16). The predicted molar refractivity (Wildman–Crippen MR) is 58.5 cm³/mol. The Balaban J connectivity index is 2.60. The van der Waals surface area contributed by atoms with Gasteiger partial charge < -0.3 is 5.32 Å². The van der Waals surface area contributed by atoms with Crippen LogP contribution in [0.4, 0.5) is 10.5 Å². The van der Waals surface area contributed by atoms with E-state index in [1.165, 1.54) is 7.05 Å². The summed E-state index contributed by atoms with van der Waals surface area (Å²) in [5, 5.41) is 10.9. The number of rotatable bonds is 2. The third-order valence-electron chi connectivity index (χ3n) is 1.93. The number of anilines is 1. The normalized spacial score (nSPS) is 9.00. The summed E-state index contributed by atoms with van der Waals surface area (Å²) >= 11 is 0. The van der Waals surface area contributed by atoms with E-state index in [2.05, 4.69) is 5.32 Å². The van der Waals surface area contributed by atoms with Crippen molar-refractivity contribution in [3.8, 4) is 6.07 Å². The highest BCUT2D eigenvalue weighted by molar-refractivity contribution is 6.01. The van der Waals surface area contributed by atoms with Crippen molar-refractivity contribution in [3.05, 3.63) is 30.3 Å². The van der Waals surface area contributed by atoms with Gasteiger partial charge in [-0.2, -0.15) is 5.26 Å². The number of amides is 3. The minimum atomic E-state index is -0.550. The van der Waals surface area contributed by atoms with E-state index in [9.17, 15) is 9.59 Å². The topological polar surface area (TPSA) is 73.2 Å². The Morgan fingerprint density at radius 3 is 2.56 bits per heavy atom. The average Bonchev–Trinajstić information content (AvgIpc) is 2.29. The first-order valence-corrected chi connectivity index (χ1v) is 4.64. The molecule has 0 radical (unpaired) electrons. The SMILES string of the molecule is CN(C(=O)CC#N)C(=O)Nc1ccccc1. The van der Waals surface area contributed by atoms with Crippen molar-refractivity contribution in [1.29, 1.82) is 5.26 Å². The van der Waals surface area contributed by atoms with Crippen LogP contribution in [0, 0.1) is 11.3 Å². The summed E-state index contributed by atoms with van der Waals surface area (Å²) in [5.41, 5.74) is 0.601. The Hall–Kier alpha value is -2.35. The van der Waals surface area contributed by atoms with Crippen LogP contribution in [0.3, 0.4) is 0 Å². The molecule has 0 unspecified atom stereocenters. The molecular formula is C11H11N3O2. The molecule has 1 N–H and O–H groups in total. The van der Waals surface area contributed by atoms with E-state index in [4.69, 9.17) is 5.26 Å². The smallest absolute Gasteiger partial charge is 0.307 e. The lowest BCUT2D eigenvalue weighted by atomic mass is 10.3. The van der Waals surface area contributed by atoms with Crippen LogP contribution in [-0.4, -0.2) is 23.9 Å². The minimum absolute atomic E-state index is 0.307. The molecule has 5 nitrogen and oxygen atoms in total. The number of hydrogen-bond donors (Lipinski definition) is 1. The van der Waals surface area contributed by atoms with Gasteiger partial charge in [-0.1, -0.05) is 18.2 Å². The fourth-order valence-corrected chi connectivity index (χ4v) is 1.03. The Labute approximate surface area is 93.3 Å². The summed E-state index contributed by atoms with van der Waals surface area (Å²) in [4.78, 5) is 23.6. The molecular weight excluding hydrogens is 206 g/mol. The Kier molecular flexibility index (Phi) is 4.04. The summed E-state index contributed by atoms with van der Waals surface area (Å²) in [7, 11) is 1.33. The first-order chi connectivity index (χ1) is 7.65. The molecule has 3 amide bonds. The zero-order chi connectivity index (χ0) is 12.0. The lowest BCUT2D eigenvalue weighted by Gasteiger charge is -2.14. The number of imide groups is 1. The number of carbonyl (C=O) groups excluding carboxylic acids is 2. The Morgan fingerprint density at radius 1 is 1.38 bits per heavy atom. The molecule has 0 saturated heterocycles. The number of para-hydroxylation sites is 1. The summed E-state index contributed by atoms with van der Waals surface area (Å²) in [5.74, 6) is -0.532. The molecule has 1 rings (SSSR count). The van der Waals surface area contributed by atoms with E-state index in [1.807, 2.05) is 6.07 Å². The summed E-state index contributed by atoms with van der Waals surface area (Å²) < 4.78 is 0. The molecule has 0 aliphatic carbocycles. The number of benzene rings is 1. The van der Waals surface area contributed by atoms with Gasteiger partial charge in [-0.05, 0) is 12.1 Å². The van der Waals surface area contributed by atoms with Crippen LogP contribution in [0.25, 0.3) is 0 Å². The molecule has 82 valence electrons. The molecule has 0 spiro atoms. The number of urea groups is 1. The quantitative estimate of drug-likeness (QED) is 0.817. The second kappa shape index (κ2) is 5.51. The molecule has 0 aliphatic rings. The van der Waals surface area contributed by atoms with E-state index in [1.54, 1.807) is 30.3 Å². The maximum absolute atomic E-state index is 11.5. The van der Waals surface area contributed by atoms with Gasteiger partial charge in [-0.3, -0.25) is 9.69 Å². The van der Waals surface area contributed by atoms with Crippen molar-refractivity contribution in [2.75, 3.05) is 12.4 Å². The van der Waals surface area contributed by atoms with Gasteiger partial charge in [0.15, 0.2) is 0 Å². The highest BCUT2D eigenvalue weighted by Crippen LogP contribution is 2.06. The molecule has 5 heteroatoms. The highest BCUT2D eigenvalue weighted by Gasteiger charge is 2.15. The second-order valence-corrected chi connectivity index (χ2v) is 3.08. The van der Waals surface area contributed by atoms with E-state index in [0.29, 0.717) is 5.69 Å². The number of carbonyl (C=O) groups is 2. The minimum Gasteiger partial charge on any atom is -0.307 e. The average molecular weight is 217 g/mol. The van der Waals surface area contributed by atoms with Gasteiger partial charge in [0.2, 0.25) is 5.91 Å². The van der Waals surface area contributed by atoms with Crippen molar-refractivity contribution in [3.63, 3.8) is 0 Å². The molecule has 16 heavy (non-hydrogen) atoms. The molecule has 0 saturated carbocycles. The van der Waals surface area contributed by atoms with Gasteiger partial charge in [-0.25, -0.2) is 4.79 Å². The summed E-state index contributed by atoms with van der Waals surface area (Å²) in [6.45, 7) is 0. The van der Waals surface area contributed by atoms with Crippen LogP contribution in [0.5, 0.6) is 0 Å². The number of nitrogens with zero attached hydrogens (tertiary/aromatic N) is 2. The molecule has 1 aromatic rings. The predicted octanol–water partition coefficient (Wildman–Crippen LogP) is 1.59. The zero-order valence-electron chi connectivity index (χ0n) is 8.80. The van der Waals surface area contributed by atoms with Gasteiger partial charge in [0.1, 0.15) is 6.42 Å². The zero-order valence-corrected chi connectivity index (χ0v) is 8.80.